The Bertz CT molecular complexity index is 297. The molecule has 0 bridgehead atoms. The fourth-order valence-corrected chi connectivity index (χ4v) is 1.52. The molecule has 0 heterocycles. The average molecular weight is 264 g/mol. The lowest BCUT2D eigenvalue weighted by molar-refractivity contribution is -0.142. The average Bonchev–Trinajstić information content (AvgIpc) is 2.04. The van der Waals surface area contributed by atoms with Crippen molar-refractivity contribution in [1.29, 1.82) is 0 Å². The van der Waals surface area contributed by atoms with Crippen LogP contribution in [0.4, 0.5) is 0 Å². The van der Waals surface area contributed by atoms with Crippen LogP contribution < -0.4 is 0 Å². The standard InChI is InChI=1S/C9H8BrClO2/c1-6(12)13-9(10)7-2-4-8(11)5-3-7/h2-5,9H,1H3. The van der Waals surface area contributed by atoms with Gasteiger partial charge in [-0.2, -0.15) is 0 Å². The zero-order chi connectivity index (χ0) is 9.84. The maximum absolute atomic E-state index is 10.6. The maximum atomic E-state index is 10.6. The third-order valence-corrected chi connectivity index (χ3v) is 2.37. The van der Waals surface area contributed by atoms with Crippen molar-refractivity contribution in [1.82, 2.24) is 0 Å². The summed E-state index contributed by atoms with van der Waals surface area (Å²) in [6, 6.07) is 7.08. The Hall–Kier alpha value is -0.540. The molecule has 0 aliphatic heterocycles. The molecule has 1 unspecified atom stereocenters. The number of esters is 1. The summed E-state index contributed by atoms with van der Waals surface area (Å²) >= 11 is 8.92. The second kappa shape index (κ2) is 4.63. The van der Waals surface area contributed by atoms with Gasteiger partial charge in [0.15, 0.2) is 5.01 Å². The summed E-state index contributed by atoms with van der Waals surface area (Å²) in [5.74, 6) is -0.322. The van der Waals surface area contributed by atoms with Crippen LogP contribution in [-0.4, -0.2) is 5.97 Å². The first-order valence-corrected chi connectivity index (χ1v) is 4.95. The molecule has 0 N–H and O–H groups in total. The van der Waals surface area contributed by atoms with Gasteiger partial charge in [-0.1, -0.05) is 23.7 Å². The van der Waals surface area contributed by atoms with Gasteiger partial charge in [-0.3, -0.25) is 4.79 Å². The number of rotatable bonds is 2. The Morgan fingerprint density at radius 2 is 2.00 bits per heavy atom. The van der Waals surface area contributed by atoms with Crippen molar-refractivity contribution in [3.63, 3.8) is 0 Å². The Kier molecular flexibility index (Phi) is 3.75. The second-order valence-corrected chi connectivity index (χ2v) is 3.75. The molecule has 0 radical (unpaired) electrons. The highest BCUT2D eigenvalue weighted by Crippen LogP contribution is 2.25. The molecular formula is C9H8BrClO2. The second-order valence-electron chi connectivity index (χ2n) is 2.48. The van der Waals surface area contributed by atoms with E-state index in [4.69, 9.17) is 16.3 Å². The number of benzene rings is 1. The van der Waals surface area contributed by atoms with E-state index in [1.807, 2.05) is 0 Å². The fourth-order valence-electron chi connectivity index (χ4n) is 0.828. The van der Waals surface area contributed by atoms with E-state index in [-0.39, 0.29) is 5.97 Å². The van der Waals surface area contributed by atoms with Crippen LogP contribution >= 0.6 is 27.5 Å². The van der Waals surface area contributed by atoms with Gasteiger partial charge in [0.05, 0.1) is 0 Å². The van der Waals surface area contributed by atoms with Crippen LogP contribution in [0.25, 0.3) is 0 Å². The van der Waals surface area contributed by atoms with Gasteiger partial charge in [-0.25, -0.2) is 0 Å². The van der Waals surface area contributed by atoms with Crippen LogP contribution in [0.3, 0.4) is 0 Å². The first kappa shape index (κ1) is 10.5. The zero-order valence-electron chi connectivity index (χ0n) is 6.96. The van der Waals surface area contributed by atoms with Crippen molar-refractivity contribution in [2.24, 2.45) is 0 Å². The molecule has 1 rings (SSSR count). The van der Waals surface area contributed by atoms with Gasteiger partial charge in [0, 0.05) is 17.5 Å². The van der Waals surface area contributed by atoms with Gasteiger partial charge < -0.3 is 4.74 Å². The summed E-state index contributed by atoms with van der Waals surface area (Å²) in [4.78, 5) is 10.6. The molecule has 1 aromatic rings. The highest BCUT2D eigenvalue weighted by atomic mass is 79.9. The summed E-state index contributed by atoms with van der Waals surface area (Å²) in [6.07, 6.45) is 0. The van der Waals surface area contributed by atoms with Gasteiger partial charge in [0.2, 0.25) is 0 Å². The number of ether oxygens (including phenoxy) is 1. The molecule has 0 spiro atoms. The summed E-state index contributed by atoms with van der Waals surface area (Å²) in [5, 5.41) is 0.258. The van der Waals surface area contributed by atoms with Gasteiger partial charge >= 0.3 is 5.97 Å². The highest BCUT2D eigenvalue weighted by molar-refractivity contribution is 9.09. The number of alkyl halides is 1. The molecule has 0 aromatic heterocycles. The molecule has 70 valence electrons. The summed E-state index contributed by atoms with van der Waals surface area (Å²) < 4.78 is 4.91. The lowest BCUT2D eigenvalue weighted by Crippen LogP contribution is -2.01. The van der Waals surface area contributed by atoms with Crippen LogP contribution in [0.1, 0.15) is 17.5 Å². The lowest BCUT2D eigenvalue weighted by Gasteiger charge is -2.09. The van der Waals surface area contributed by atoms with Gasteiger partial charge in [-0.05, 0) is 28.1 Å². The molecule has 1 aromatic carbocycles. The monoisotopic (exact) mass is 262 g/mol. The fraction of sp³-hybridized carbons (Fsp3) is 0.222. The lowest BCUT2D eigenvalue weighted by atomic mass is 10.2. The SMILES string of the molecule is CC(=O)OC(Br)c1ccc(Cl)cc1. The van der Waals surface area contributed by atoms with E-state index in [9.17, 15) is 4.79 Å². The zero-order valence-corrected chi connectivity index (χ0v) is 9.30. The van der Waals surface area contributed by atoms with Gasteiger partial charge in [0.25, 0.3) is 0 Å². The largest absolute Gasteiger partial charge is 0.446 e. The minimum absolute atomic E-state index is 0.322. The van der Waals surface area contributed by atoms with Crippen LogP contribution in [0.15, 0.2) is 24.3 Å². The third-order valence-electron chi connectivity index (χ3n) is 1.40. The smallest absolute Gasteiger partial charge is 0.304 e. The summed E-state index contributed by atoms with van der Waals surface area (Å²) in [6.45, 7) is 1.37. The Balaban J connectivity index is 2.71. The normalized spacial score (nSPS) is 12.2. The Morgan fingerprint density at radius 3 is 2.46 bits per heavy atom. The molecule has 4 heteroatoms. The van der Waals surface area contributed by atoms with Gasteiger partial charge in [-0.15, -0.1) is 0 Å². The van der Waals surface area contributed by atoms with Crippen molar-refractivity contribution in [3.05, 3.63) is 34.9 Å². The molecule has 13 heavy (non-hydrogen) atoms. The molecular weight excluding hydrogens is 255 g/mol. The van der Waals surface area contributed by atoms with E-state index in [0.29, 0.717) is 5.02 Å². The summed E-state index contributed by atoms with van der Waals surface area (Å²) in [7, 11) is 0. The molecule has 0 saturated heterocycles. The van der Waals surface area contributed by atoms with E-state index in [1.165, 1.54) is 6.92 Å². The van der Waals surface area contributed by atoms with Crippen molar-refractivity contribution in [2.45, 2.75) is 11.9 Å². The van der Waals surface area contributed by atoms with Crippen LogP contribution in [0.2, 0.25) is 5.02 Å². The van der Waals surface area contributed by atoms with Crippen molar-refractivity contribution in [3.8, 4) is 0 Å². The van der Waals surface area contributed by atoms with Gasteiger partial charge in [0.1, 0.15) is 0 Å². The van der Waals surface area contributed by atoms with Crippen LogP contribution in [0.5, 0.6) is 0 Å². The minimum Gasteiger partial charge on any atom is -0.446 e. The topological polar surface area (TPSA) is 26.3 Å². The van der Waals surface area contributed by atoms with E-state index >= 15 is 0 Å². The Morgan fingerprint density at radius 1 is 1.46 bits per heavy atom. The number of carbonyl (C=O) groups excluding carboxylic acids is 1. The molecule has 0 aliphatic carbocycles. The number of hydrogen-bond acceptors (Lipinski definition) is 2. The minimum atomic E-state index is -0.401. The number of halogens is 2. The van der Waals surface area contributed by atoms with E-state index in [2.05, 4.69) is 15.9 Å². The molecule has 2 nitrogen and oxygen atoms in total. The molecule has 1 atom stereocenters. The maximum Gasteiger partial charge on any atom is 0.304 e. The van der Waals surface area contributed by atoms with Crippen molar-refractivity contribution < 1.29 is 9.53 Å². The van der Waals surface area contributed by atoms with Crippen LogP contribution in [-0.2, 0) is 9.53 Å². The highest BCUT2D eigenvalue weighted by Gasteiger charge is 2.09. The van der Waals surface area contributed by atoms with E-state index < -0.39 is 5.01 Å². The molecule has 0 aliphatic rings. The third kappa shape index (κ3) is 3.36. The van der Waals surface area contributed by atoms with Crippen molar-refractivity contribution >= 4 is 33.5 Å². The molecule has 0 fully saturated rings. The van der Waals surface area contributed by atoms with E-state index in [0.717, 1.165) is 5.56 Å². The van der Waals surface area contributed by atoms with Crippen molar-refractivity contribution in [2.75, 3.05) is 0 Å². The van der Waals surface area contributed by atoms with E-state index in [1.54, 1.807) is 24.3 Å². The predicted octanol–water partition coefficient (Wildman–Crippen LogP) is 3.30. The first-order valence-electron chi connectivity index (χ1n) is 3.66. The molecule has 0 saturated carbocycles. The molecule has 0 amide bonds. The predicted molar refractivity (Wildman–Crippen MR) is 54.9 cm³/mol. The summed E-state index contributed by atoms with van der Waals surface area (Å²) in [5.41, 5.74) is 0.861. The number of hydrogen-bond donors (Lipinski definition) is 0. The van der Waals surface area contributed by atoms with Crippen LogP contribution in [0, 0.1) is 0 Å². The number of carbonyl (C=O) groups is 1. The quantitative estimate of drug-likeness (QED) is 0.604. The first-order chi connectivity index (χ1) is 6.09. The Labute approximate surface area is 90.0 Å².